The van der Waals surface area contributed by atoms with Gasteiger partial charge in [-0.05, 0) is 75.2 Å². The summed E-state index contributed by atoms with van der Waals surface area (Å²) in [4.78, 5) is 9.05. The van der Waals surface area contributed by atoms with Crippen LogP contribution in [0.15, 0.2) is 53.8 Å². The quantitative estimate of drug-likeness (QED) is 0.306. The molecule has 0 spiro atoms. The molecule has 4 rings (SSSR count). The van der Waals surface area contributed by atoms with Gasteiger partial charge >= 0.3 is 6.18 Å². The van der Waals surface area contributed by atoms with E-state index in [1.165, 1.54) is 24.7 Å². The van der Waals surface area contributed by atoms with E-state index in [9.17, 15) is 21.6 Å². The molecule has 1 aromatic heterocycles. The van der Waals surface area contributed by atoms with Crippen molar-refractivity contribution in [2.45, 2.75) is 54.1 Å². The van der Waals surface area contributed by atoms with E-state index in [0.717, 1.165) is 18.2 Å². The molecule has 3 aromatic rings. The Morgan fingerprint density at radius 1 is 1.08 bits per heavy atom. The zero-order chi connectivity index (χ0) is 28.5. The first-order valence-corrected chi connectivity index (χ1v) is 14.4. The normalized spacial score (nSPS) is 20.3. The van der Waals surface area contributed by atoms with Crippen molar-refractivity contribution in [2.75, 3.05) is 19.4 Å². The fourth-order valence-corrected chi connectivity index (χ4v) is 6.83. The van der Waals surface area contributed by atoms with E-state index in [2.05, 4.69) is 15.3 Å². The maximum absolute atomic E-state index is 15.1. The molecule has 0 amide bonds. The van der Waals surface area contributed by atoms with Gasteiger partial charge in [0, 0.05) is 18.3 Å². The van der Waals surface area contributed by atoms with Gasteiger partial charge in [0.15, 0.2) is 9.84 Å². The molecule has 13 heteroatoms. The topological polar surface area (TPSA) is 75.2 Å². The summed E-state index contributed by atoms with van der Waals surface area (Å²) < 4.78 is 80.9. The van der Waals surface area contributed by atoms with Crippen molar-refractivity contribution in [3.8, 4) is 0 Å². The summed E-state index contributed by atoms with van der Waals surface area (Å²) in [6.07, 6.45) is -0.279. The van der Waals surface area contributed by atoms with Crippen LogP contribution in [0.25, 0.3) is 0 Å². The Morgan fingerprint density at radius 3 is 2.46 bits per heavy atom. The van der Waals surface area contributed by atoms with Crippen molar-refractivity contribution >= 4 is 38.7 Å². The summed E-state index contributed by atoms with van der Waals surface area (Å²) in [5, 5.41) is 2.93. The predicted molar refractivity (Wildman–Crippen MR) is 142 cm³/mol. The first kappa shape index (κ1) is 29.5. The first-order chi connectivity index (χ1) is 18.3. The number of benzene rings is 2. The minimum absolute atomic E-state index is 0.0322. The molecular formula is C26H26Cl2F4N4O2S. The number of aromatic nitrogens is 2. The van der Waals surface area contributed by atoms with Crippen LogP contribution in [0.4, 0.5) is 23.2 Å². The van der Waals surface area contributed by atoms with Crippen LogP contribution in [0.5, 0.6) is 0 Å². The number of likely N-dealkylation sites (N-methyl/N-ethyl adjacent to an activating group) is 1. The molecule has 6 nitrogen and oxygen atoms in total. The van der Waals surface area contributed by atoms with Crippen molar-refractivity contribution in [3.63, 3.8) is 0 Å². The van der Waals surface area contributed by atoms with Gasteiger partial charge in [0.1, 0.15) is 17.0 Å². The second kappa shape index (κ2) is 11.6. The number of alkyl halides is 3. The number of anilines is 1. The maximum Gasteiger partial charge on any atom is 0.417 e. The summed E-state index contributed by atoms with van der Waals surface area (Å²) >= 11 is 12.2. The molecule has 1 saturated carbocycles. The Balaban J connectivity index is 1.53. The zero-order valence-electron chi connectivity index (χ0n) is 21.0. The van der Waals surface area contributed by atoms with Gasteiger partial charge < -0.3 is 10.2 Å². The molecule has 1 aliphatic rings. The third kappa shape index (κ3) is 6.82. The summed E-state index contributed by atoms with van der Waals surface area (Å²) in [5.41, 5.74) is 0.146. The SMILES string of the molecule is CN(C)[C@H]1C[C@@H](c2ccc(Cl)c(C(F)(F)F)c2)CC[C@@H]1Nc1cc(F)c(S(=O)(=O)Cc2ccncn2)cc1Cl. The largest absolute Gasteiger partial charge is 0.417 e. The lowest BCUT2D eigenvalue weighted by Gasteiger charge is -2.41. The molecular weight excluding hydrogens is 579 g/mol. The lowest BCUT2D eigenvalue weighted by atomic mass is 9.78. The Bertz CT molecular complexity index is 1440. The van der Waals surface area contributed by atoms with Crippen molar-refractivity contribution in [1.82, 2.24) is 14.9 Å². The standard InChI is InChI=1S/C26H26Cl2F4N4O2S/c1-36(2)24-10-16(15-3-5-19(27)18(9-15)26(30,31)32)4-6-22(24)35-23-12-21(29)25(11-20(23)28)39(37,38)13-17-7-8-33-14-34-17/h3,5,7-9,11-12,14,16,22,24,35H,4,6,10,13H2,1-2H3/t16-,22-,24-/m0/s1. The summed E-state index contributed by atoms with van der Waals surface area (Å²) in [6, 6.07) is 7.23. The van der Waals surface area contributed by atoms with E-state index in [1.807, 2.05) is 19.0 Å². The Hall–Kier alpha value is -2.47. The van der Waals surface area contributed by atoms with Gasteiger partial charge in [0.25, 0.3) is 0 Å². The fourth-order valence-electron chi connectivity index (χ4n) is 4.96. The minimum Gasteiger partial charge on any atom is -0.379 e. The fraction of sp³-hybridized carbons (Fsp3) is 0.385. The number of halogens is 6. The van der Waals surface area contributed by atoms with Crippen LogP contribution in [0.1, 0.15) is 42.0 Å². The molecule has 210 valence electrons. The van der Waals surface area contributed by atoms with Crippen LogP contribution in [0.3, 0.4) is 0 Å². The van der Waals surface area contributed by atoms with Crippen molar-refractivity contribution in [1.29, 1.82) is 0 Å². The molecule has 1 aliphatic carbocycles. The molecule has 0 radical (unpaired) electrons. The first-order valence-electron chi connectivity index (χ1n) is 12.0. The van der Waals surface area contributed by atoms with Gasteiger partial charge in [-0.25, -0.2) is 22.8 Å². The van der Waals surface area contributed by atoms with Crippen LogP contribution in [-0.2, 0) is 21.8 Å². The van der Waals surface area contributed by atoms with Gasteiger partial charge in [0.2, 0.25) is 0 Å². The van der Waals surface area contributed by atoms with Gasteiger partial charge in [0.05, 0.1) is 32.7 Å². The van der Waals surface area contributed by atoms with Crippen LogP contribution < -0.4 is 5.32 Å². The van der Waals surface area contributed by atoms with E-state index in [0.29, 0.717) is 24.8 Å². The highest BCUT2D eigenvalue weighted by atomic mass is 35.5. The molecule has 0 saturated heterocycles. The van der Waals surface area contributed by atoms with Gasteiger partial charge in [-0.3, -0.25) is 0 Å². The van der Waals surface area contributed by atoms with Crippen LogP contribution in [0.2, 0.25) is 10.0 Å². The van der Waals surface area contributed by atoms with Crippen LogP contribution in [-0.4, -0.2) is 49.5 Å². The molecule has 0 bridgehead atoms. The smallest absolute Gasteiger partial charge is 0.379 e. The monoisotopic (exact) mass is 604 g/mol. The average molecular weight is 605 g/mol. The summed E-state index contributed by atoms with van der Waals surface area (Å²) in [6.45, 7) is 0. The average Bonchev–Trinajstić information content (AvgIpc) is 2.86. The molecule has 2 aromatic carbocycles. The second-order valence-corrected chi connectivity index (χ2v) is 12.5. The highest BCUT2D eigenvalue weighted by Gasteiger charge is 2.37. The third-order valence-corrected chi connectivity index (χ3v) is 9.23. The Labute approximate surface area is 234 Å². The molecule has 39 heavy (non-hydrogen) atoms. The van der Waals surface area contributed by atoms with Crippen molar-refractivity contribution < 1.29 is 26.0 Å². The number of rotatable bonds is 7. The van der Waals surface area contributed by atoms with E-state index < -0.39 is 38.0 Å². The number of hydrogen-bond acceptors (Lipinski definition) is 6. The molecule has 0 unspecified atom stereocenters. The second-order valence-electron chi connectivity index (χ2n) is 9.75. The lowest BCUT2D eigenvalue weighted by molar-refractivity contribution is -0.137. The van der Waals surface area contributed by atoms with Gasteiger partial charge in [-0.2, -0.15) is 13.2 Å². The number of nitrogens with one attached hydrogen (secondary N) is 1. The zero-order valence-corrected chi connectivity index (χ0v) is 23.3. The van der Waals surface area contributed by atoms with E-state index in [1.54, 1.807) is 6.07 Å². The lowest BCUT2D eigenvalue weighted by Crippen LogP contribution is -2.47. The highest BCUT2D eigenvalue weighted by molar-refractivity contribution is 7.90. The van der Waals surface area contributed by atoms with Gasteiger partial charge in [-0.15, -0.1) is 0 Å². The molecule has 1 N–H and O–H groups in total. The highest BCUT2D eigenvalue weighted by Crippen LogP contribution is 2.41. The summed E-state index contributed by atoms with van der Waals surface area (Å²) in [7, 11) is -0.357. The summed E-state index contributed by atoms with van der Waals surface area (Å²) in [5.74, 6) is -1.61. The van der Waals surface area contributed by atoms with E-state index in [-0.39, 0.29) is 39.4 Å². The number of nitrogens with zero attached hydrogens (tertiary/aromatic N) is 3. The minimum atomic E-state index is -4.55. The van der Waals surface area contributed by atoms with E-state index >= 15 is 4.39 Å². The van der Waals surface area contributed by atoms with Gasteiger partial charge in [-0.1, -0.05) is 29.3 Å². The number of hydrogen-bond donors (Lipinski definition) is 1. The molecule has 1 heterocycles. The van der Waals surface area contributed by atoms with Crippen LogP contribution in [0, 0.1) is 5.82 Å². The predicted octanol–water partition coefficient (Wildman–Crippen LogP) is 6.59. The number of sulfone groups is 1. The molecule has 1 fully saturated rings. The molecule has 3 atom stereocenters. The maximum atomic E-state index is 15.1. The Kier molecular flexibility index (Phi) is 8.75. The van der Waals surface area contributed by atoms with Crippen LogP contribution >= 0.6 is 23.2 Å². The molecule has 0 aliphatic heterocycles. The van der Waals surface area contributed by atoms with Crippen molar-refractivity contribution in [3.05, 3.63) is 81.6 Å². The van der Waals surface area contributed by atoms with Crippen molar-refractivity contribution in [2.24, 2.45) is 0 Å². The third-order valence-electron chi connectivity index (χ3n) is 6.93. The Morgan fingerprint density at radius 2 is 1.82 bits per heavy atom. The van der Waals surface area contributed by atoms with E-state index in [4.69, 9.17) is 23.2 Å².